The summed E-state index contributed by atoms with van der Waals surface area (Å²) in [6.07, 6.45) is 4.17. The van der Waals surface area contributed by atoms with Crippen molar-refractivity contribution in [1.82, 2.24) is 4.98 Å². The van der Waals surface area contributed by atoms with Gasteiger partial charge in [0.1, 0.15) is 11.9 Å². The molecule has 0 aromatic carbocycles. The lowest BCUT2D eigenvalue weighted by Gasteiger charge is -2.07. The lowest BCUT2D eigenvalue weighted by Crippen LogP contribution is -2.09. The largest absolute Gasteiger partial charge is 0.369 e. The zero-order valence-corrected chi connectivity index (χ0v) is 10.3. The van der Waals surface area contributed by atoms with E-state index in [1.165, 1.54) is 0 Å². The Hall–Kier alpha value is -1.41. The zero-order valence-electron chi connectivity index (χ0n) is 9.49. The molecule has 0 amide bonds. The van der Waals surface area contributed by atoms with Gasteiger partial charge < -0.3 is 5.32 Å². The fourth-order valence-electron chi connectivity index (χ4n) is 1.32. The summed E-state index contributed by atoms with van der Waals surface area (Å²) in [5.41, 5.74) is 1.50. The zero-order chi connectivity index (χ0) is 12.0. The summed E-state index contributed by atoms with van der Waals surface area (Å²) in [7, 11) is -0.760. The van der Waals surface area contributed by atoms with Gasteiger partial charge in [-0.1, -0.05) is 0 Å². The van der Waals surface area contributed by atoms with Crippen LogP contribution in [0.4, 0.5) is 5.82 Å². The molecule has 0 saturated carbocycles. The third-order valence-electron chi connectivity index (χ3n) is 2.17. The number of nitrogens with one attached hydrogen (secondary N) is 1. The molecule has 1 aromatic heterocycles. The molecule has 1 heterocycles. The molecule has 0 aliphatic carbocycles. The van der Waals surface area contributed by atoms with Gasteiger partial charge in [0.25, 0.3) is 0 Å². The number of hydrogen-bond acceptors (Lipinski definition) is 4. The van der Waals surface area contributed by atoms with Gasteiger partial charge >= 0.3 is 0 Å². The van der Waals surface area contributed by atoms with E-state index in [-0.39, 0.29) is 0 Å². The predicted octanol–water partition coefficient (Wildman–Crippen LogP) is 1.44. The van der Waals surface area contributed by atoms with Gasteiger partial charge in [-0.05, 0) is 25.0 Å². The lowest BCUT2D eigenvalue weighted by atomic mass is 10.1. The smallest absolute Gasteiger partial charge is 0.144 e. The van der Waals surface area contributed by atoms with Crippen LogP contribution in [-0.4, -0.2) is 27.7 Å². The van der Waals surface area contributed by atoms with E-state index in [0.717, 1.165) is 12.0 Å². The SMILES string of the molecule is Cc1ccnc(NCCCS(C)=O)c1C#N. The maximum absolute atomic E-state index is 10.8. The Morgan fingerprint density at radius 2 is 2.38 bits per heavy atom. The molecule has 0 fully saturated rings. The molecule has 16 heavy (non-hydrogen) atoms. The number of aryl methyl sites for hydroxylation is 1. The Morgan fingerprint density at radius 3 is 3.00 bits per heavy atom. The van der Waals surface area contributed by atoms with Gasteiger partial charge in [0.2, 0.25) is 0 Å². The van der Waals surface area contributed by atoms with Gasteiger partial charge in [-0.3, -0.25) is 4.21 Å². The van der Waals surface area contributed by atoms with E-state index in [4.69, 9.17) is 5.26 Å². The third-order valence-corrected chi connectivity index (χ3v) is 3.04. The second-order valence-electron chi connectivity index (χ2n) is 3.52. The summed E-state index contributed by atoms with van der Waals surface area (Å²) in [6, 6.07) is 3.94. The highest BCUT2D eigenvalue weighted by Crippen LogP contribution is 2.14. The first-order valence-corrected chi connectivity index (χ1v) is 6.77. The fraction of sp³-hybridized carbons (Fsp3) is 0.455. The summed E-state index contributed by atoms with van der Waals surface area (Å²) in [5.74, 6) is 1.28. The standard InChI is InChI=1S/C11H15N3OS/c1-9-4-6-14-11(10(9)8-12)13-5-3-7-16(2)15/h4,6H,3,5,7H2,1-2H3,(H,13,14). The van der Waals surface area contributed by atoms with Gasteiger partial charge in [-0.25, -0.2) is 4.98 Å². The van der Waals surface area contributed by atoms with E-state index in [1.807, 2.05) is 13.0 Å². The van der Waals surface area contributed by atoms with Crippen LogP contribution in [0, 0.1) is 18.3 Å². The van der Waals surface area contributed by atoms with Crippen molar-refractivity contribution in [1.29, 1.82) is 5.26 Å². The minimum absolute atomic E-state index is 0.583. The molecule has 0 radical (unpaired) electrons. The molecule has 0 spiro atoms. The van der Waals surface area contributed by atoms with Crippen molar-refractivity contribution >= 4 is 16.6 Å². The lowest BCUT2D eigenvalue weighted by molar-refractivity contribution is 0.685. The Morgan fingerprint density at radius 1 is 1.62 bits per heavy atom. The van der Waals surface area contributed by atoms with Crippen molar-refractivity contribution in [2.45, 2.75) is 13.3 Å². The van der Waals surface area contributed by atoms with Crippen molar-refractivity contribution in [3.8, 4) is 6.07 Å². The maximum Gasteiger partial charge on any atom is 0.144 e. The van der Waals surface area contributed by atoms with Crippen LogP contribution < -0.4 is 5.32 Å². The predicted molar refractivity (Wildman–Crippen MR) is 65.7 cm³/mol. The molecular formula is C11H15N3OS. The first kappa shape index (κ1) is 12.7. The first-order chi connectivity index (χ1) is 7.65. The molecule has 1 unspecified atom stereocenters. The second-order valence-corrected chi connectivity index (χ2v) is 5.08. The molecule has 4 nitrogen and oxygen atoms in total. The topological polar surface area (TPSA) is 65.8 Å². The third kappa shape index (κ3) is 3.63. The second kappa shape index (κ2) is 6.23. The Kier molecular flexibility index (Phi) is 4.93. The van der Waals surface area contributed by atoms with Crippen LogP contribution in [0.3, 0.4) is 0 Å². The van der Waals surface area contributed by atoms with Gasteiger partial charge in [0.15, 0.2) is 0 Å². The monoisotopic (exact) mass is 237 g/mol. The molecule has 86 valence electrons. The molecule has 5 heteroatoms. The quantitative estimate of drug-likeness (QED) is 0.787. The molecule has 1 N–H and O–H groups in total. The van der Waals surface area contributed by atoms with Crippen LogP contribution in [0.5, 0.6) is 0 Å². The van der Waals surface area contributed by atoms with Crippen LogP contribution in [0.1, 0.15) is 17.5 Å². The van der Waals surface area contributed by atoms with Gasteiger partial charge in [-0.2, -0.15) is 5.26 Å². The van der Waals surface area contributed by atoms with E-state index in [9.17, 15) is 4.21 Å². The minimum Gasteiger partial charge on any atom is -0.369 e. The van der Waals surface area contributed by atoms with Crippen LogP contribution in [0.2, 0.25) is 0 Å². The molecule has 1 atom stereocenters. The number of rotatable bonds is 5. The van der Waals surface area contributed by atoms with Gasteiger partial charge in [0.05, 0.1) is 5.56 Å². The van der Waals surface area contributed by atoms with Crippen molar-refractivity contribution in [3.05, 3.63) is 23.4 Å². The maximum atomic E-state index is 10.8. The van der Waals surface area contributed by atoms with Crippen molar-refractivity contribution in [2.24, 2.45) is 0 Å². The fourth-order valence-corrected chi connectivity index (χ4v) is 1.87. The molecule has 1 aromatic rings. The van der Waals surface area contributed by atoms with Crippen LogP contribution in [-0.2, 0) is 10.8 Å². The summed E-state index contributed by atoms with van der Waals surface area (Å²) in [4.78, 5) is 4.12. The minimum atomic E-state index is -0.760. The Bertz CT molecular complexity index is 426. The van der Waals surface area contributed by atoms with E-state index >= 15 is 0 Å². The molecular weight excluding hydrogens is 222 g/mol. The number of hydrogen-bond donors (Lipinski definition) is 1. The number of aromatic nitrogens is 1. The average molecular weight is 237 g/mol. The highest BCUT2D eigenvalue weighted by Gasteiger charge is 2.05. The highest BCUT2D eigenvalue weighted by molar-refractivity contribution is 7.84. The average Bonchev–Trinajstić information content (AvgIpc) is 2.24. The highest BCUT2D eigenvalue weighted by atomic mass is 32.2. The number of anilines is 1. The molecule has 0 aliphatic heterocycles. The molecule has 0 aliphatic rings. The van der Waals surface area contributed by atoms with Gasteiger partial charge in [-0.15, -0.1) is 0 Å². The molecule has 1 rings (SSSR count). The Labute approximate surface area is 98.2 Å². The van der Waals surface area contributed by atoms with E-state index in [1.54, 1.807) is 12.5 Å². The van der Waals surface area contributed by atoms with E-state index < -0.39 is 10.8 Å². The first-order valence-electron chi connectivity index (χ1n) is 5.04. The normalized spacial score (nSPS) is 11.8. The number of pyridine rings is 1. The molecule has 0 bridgehead atoms. The number of nitrogens with zero attached hydrogens (tertiary/aromatic N) is 2. The van der Waals surface area contributed by atoms with E-state index in [0.29, 0.717) is 23.7 Å². The summed E-state index contributed by atoms with van der Waals surface area (Å²) in [5, 5.41) is 12.1. The van der Waals surface area contributed by atoms with E-state index in [2.05, 4.69) is 16.4 Å². The van der Waals surface area contributed by atoms with Crippen molar-refractivity contribution in [2.75, 3.05) is 23.9 Å². The van der Waals surface area contributed by atoms with Crippen LogP contribution in [0.15, 0.2) is 12.3 Å². The summed E-state index contributed by atoms with van der Waals surface area (Å²) in [6.45, 7) is 2.57. The summed E-state index contributed by atoms with van der Waals surface area (Å²) >= 11 is 0. The summed E-state index contributed by atoms with van der Waals surface area (Å²) < 4.78 is 10.8. The van der Waals surface area contributed by atoms with Gasteiger partial charge in [0, 0.05) is 35.5 Å². The molecule has 0 saturated heterocycles. The van der Waals surface area contributed by atoms with Crippen molar-refractivity contribution < 1.29 is 4.21 Å². The number of nitriles is 1. The van der Waals surface area contributed by atoms with Crippen LogP contribution in [0.25, 0.3) is 0 Å². The Balaban J connectivity index is 2.58. The van der Waals surface area contributed by atoms with Crippen LogP contribution >= 0.6 is 0 Å². The van der Waals surface area contributed by atoms with Crippen molar-refractivity contribution in [3.63, 3.8) is 0 Å².